The molecule has 3 aliphatic carbocycles. The zero-order valence-electron chi connectivity index (χ0n) is 39.0. The third-order valence-corrected chi connectivity index (χ3v) is 18.9. The van der Waals surface area contributed by atoms with Gasteiger partial charge in [0.2, 0.25) is 0 Å². The minimum Gasteiger partial charge on any atom is -0.134 e. The van der Waals surface area contributed by atoms with E-state index in [0.29, 0.717) is 0 Å². The van der Waals surface area contributed by atoms with Crippen LogP contribution < -0.4 is 0 Å². The second kappa shape index (κ2) is 14.1. The van der Waals surface area contributed by atoms with Crippen molar-refractivity contribution in [3.8, 4) is 77.9 Å². The van der Waals surface area contributed by atoms with Gasteiger partial charge in [0.05, 0.1) is 0 Å². The highest BCUT2D eigenvalue weighted by atomic mass is 32.1. The summed E-state index contributed by atoms with van der Waals surface area (Å²) in [5.74, 6) is 0. The molecule has 0 spiro atoms. The molecule has 0 aliphatic heterocycles. The van der Waals surface area contributed by atoms with Gasteiger partial charge in [-0.2, -0.15) is 0 Å². The molecule has 0 radical (unpaired) electrons. The summed E-state index contributed by atoms with van der Waals surface area (Å²) < 4.78 is 5.42. The third kappa shape index (κ3) is 5.50. The van der Waals surface area contributed by atoms with Crippen LogP contribution in [-0.4, -0.2) is 0 Å². The summed E-state index contributed by atoms with van der Waals surface area (Å²) in [5, 5.41) is 5.32. The maximum atomic E-state index is 2.48. The molecule has 0 N–H and O–H groups in total. The molecule has 69 heavy (non-hydrogen) atoms. The molecule has 0 amide bonds. The molecule has 15 rings (SSSR count). The van der Waals surface area contributed by atoms with Crippen molar-refractivity contribution in [1.29, 1.82) is 0 Å². The average Bonchev–Trinajstić information content (AvgIpc) is 4.17. The first-order valence-corrected chi connectivity index (χ1v) is 26.0. The van der Waals surface area contributed by atoms with Crippen molar-refractivity contribution >= 4 is 63.0 Å². The van der Waals surface area contributed by atoms with Crippen LogP contribution in [0.3, 0.4) is 0 Å². The Bertz CT molecular complexity index is 3950. The summed E-state index contributed by atoms with van der Waals surface area (Å²) in [6.45, 7) is 9.50. The summed E-state index contributed by atoms with van der Waals surface area (Å²) in [4.78, 5) is 0. The van der Waals surface area contributed by atoms with Crippen LogP contribution in [0.15, 0.2) is 194 Å². The molecule has 0 unspecified atom stereocenters. The maximum absolute atomic E-state index is 2.48. The van der Waals surface area contributed by atoms with Gasteiger partial charge in [0.25, 0.3) is 0 Å². The van der Waals surface area contributed by atoms with E-state index in [2.05, 4.69) is 222 Å². The van der Waals surface area contributed by atoms with Crippen LogP contribution in [0, 0.1) is 0 Å². The molecular weight excluding hydrogens is 869 g/mol. The Morgan fingerprint density at radius 2 is 0.594 bits per heavy atom. The molecule has 2 aromatic heterocycles. The van der Waals surface area contributed by atoms with Crippen LogP contribution in [0.2, 0.25) is 0 Å². The fourth-order valence-electron chi connectivity index (χ4n) is 12.8. The van der Waals surface area contributed by atoms with E-state index in [1.807, 2.05) is 22.7 Å². The van der Waals surface area contributed by atoms with Crippen LogP contribution in [0.5, 0.6) is 0 Å². The van der Waals surface area contributed by atoms with Crippen LogP contribution in [-0.2, 0) is 17.3 Å². The second-order valence-electron chi connectivity index (χ2n) is 20.7. The van der Waals surface area contributed by atoms with Crippen molar-refractivity contribution in [3.63, 3.8) is 0 Å². The summed E-state index contributed by atoms with van der Waals surface area (Å²) in [7, 11) is 0. The monoisotopic (exact) mass is 914 g/mol. The summed E-state index contributed by atoms with van der Waals surface area (Å²) in [5.41, 5.74) is 27.0. The lowest BCUT2D eigenvalue weighted by atomic mass is 9.81. The van der Waals surface area contributed by atoms with Gasteiger partial charge in [-0.15, -0.1) is 22.7 Å². The van der Waals surface area contributed by atoms with E-state index in [4.69, 9.17) is 0 Å². The summed E-state index contributed by atoms with van der Waals surface area (Å²) in [6, 6.07) is 74.3. The zero-order valence-corrected chi connectivity index (χ0v) is 40.6. The molecule has 0 atom stereocenters. The Morgan fingerprint density at radius 1 is 0.275 bits per heavy atom. The van der Waals surface area contributed by atoms with Gasteiger partial charge in [-0.05, 0) is 142 Å². The Hall–Kier alpha value is -7.36. The van der Waals surface area contributed by atoms with E-state index >= 15 is 0 Å². The molecule has 326 valence electrons. The molecule has 3 aliphatic rings. The molecule has 12 aromatic rings. The molecule has 0 saturated carbocycles. The quantitative estimate of drug-likeness (QED) is 0.165. The normalized spacial score (nSPS) is 14.6. The number of rotatable bonds is 4. The third-order valence-electron chi connectivity index (χ3n) is 16.4. The fourth-order valence-corrected chi connectivity index (χ4v) is 15.5. The van der Waals surface area contributed by atoms with E-state index in [9.17, 15) is 0 Å². The minimum absolute atomic E-state index is 0.0399. The van der Waals surface area contributed by atoms with Crippen LogP contribution in [0.25, 0.3) is 118 Å². The van der Waals surface area contributed by atoms with Gasteiger partial charge in [-0.3, -0.25) is 0 Å². The summed E-state index contributed by atoms with van der Waals surface area (Å²) >= 11 is 3.90. The minimum atomic E-state index is -0.0399. The SMILES string of the molecule is CC1(C)c2ccccc2-c2ccc(-c3cccc4c3sc3c(-c5ccc6c(c5)-c5cc(-c7cccc8c7sc7c(-c9ccc%10c(c9)C(C)(C)c9ccccc9-%10)cccc78)ccc5C6)cccc34)cc21. The molecule has 10 aromatic carbocycles. The molecule has 0 fully saturated rings. The molecular formula is C67H46S2. The van der Waals surface area contributed by atoms with Crippen molar-refractivity contribution < 1.29 is 0 Å². The van der Waals surface area contributed by atoms with Crippen LogP contribution >= 0.6 is 22.7 Å². The lowest BCUT2D eigenvalue weighted by Gasteiger charge is -2.22. The van der Waals surface area contributed by atoms with Crippen LogP contribution in [0.1, 0.15) is 61.1 Å². The first-order valence-electron chi connectivity index (χ1n) is 24.4. The van der Waals surface area contributed by atoms with Gasteiger partial charge in [-0.25, -0.2) is 0 Å². The Morgan fingerprint density at radius 3 is 0.986 bits per heavy atom. The highest BCUT2D eigenvalue weighted by Crippen LogP contribution is 2.54. The van der Waals surface area contributed by atoms with Crippen molar-refractivity contribution in [3.05, 3.63) is 228 Å². The standard InChI is InChI=1S/C67H46S2/c1-66(2)58-23-7-5-13-48(58)50-31-29-42(36-60(50)66)46-17-11-21-54-52-19-9-15-44(62(52)68-64(46)54)40-27-25-38-33-39-26-28-41(35-57(39)56(38)34-40)45-16-10-20-53-55-22-12-18-47(65(55)69-63(45)53)43-30-32-51-49-14-6-8-24-59(49)67(3,4)61(51)37-43/h5-32,34-37H,33H2,1-4H3. The largest absolute Gasteiger partial charge is 0.134 e. The van der Waals surface area contributed by atoms with E-state index < -0.39 is 0 Å². The lowest BCUT2D eigenvalue weighted by Crippen LogP contribution is -2.14. The van der Waals surface area contributed by atoms with Gasteiger partial charge in [-0.1, -0.05) is 198 Å². The number of fused-ring (bicyclic) bond motifs is 15. The van der Waals surface area contributed by atoms with Gasteiger partial charge in [0.15, 0.2) is 0 Å². The van der Waals surface area contributed by atoms with Crippen molar-refractivity contribution in [2.45, 2.75) is 44.9 Å². The van der Waals surface area contributed by atoms with Gasteiger partial charge < -0.3 is 0 Å². The topological polar surface area (TPSA) is 0 Å². The Balaban J connectivity index is 0.809. The van der Waals surface area contributed by atoms with Gasteiger partial charge in [0, 0.05) is 51.2 Å². The van der Waals surface area contributed by atoms with Crippen molar-refractivity contribution in [2.75, 3.05) is 0 Å². The predicted octanol–water partition coefficient (Wildman–Crippen LogP) is 19.3. The smallest absolute Gasteiger partial charge is 0.0434 e. The van der Waals surface area contributed by atoms with Gasteiger partial charge in [0.1, 0.15) is 0 Å². The molecule has 0 saturated heterocycles. The fraction of sp³-hybridized carbons (Fsp3) is 0.104. The summed E-state index contributed by atoms with van der Waals surface area (Å²) in [6.07, 6.45) is 0.962. The van der Waals surface area contributed by atoms with E-state index in [1.54, 1.807) is 0 Å². The number of hydrogen-bond donors (Lipinski definition) is 0. The highest BCUT2D eigenvalue weighted by Gasteiger charge is 2.37. The molecule has 2 heterocycles. The highest BCUT2D eigenvalue weighted by molar-refractivity contribution is 7.27. The lowest BCUT2D eigenvalue weighted by molar-refractivity contribution is 0.660. The van der Waals surface area contributed by atoms with E-state index in [0.717, 1.165) is 6.42 Å². The molecule has 2 heteroatoms. The van der Waals surface area contributed by atoms with Crippen molar-refractivity contribution in [2.24, 2.45) is 0 Å². The van der Waals surface area contributed by atoms with E-state index in [-0.39, 0.29) is 10.8 Å². The Kier molecular flexibility index (Phi) is 8.10. The van der Waals surface area contributed by atoms with Crippen molar-refractivity contribution in [1.82, 2.24) is 0 Å². The second-order valence-corrected chi connectivity index (χ2v) is 22.8. The molecule has 0 nitrogen and oxygen atoms in total. The molecule has 0 bridgehead atoms. The Labute approximate surface area is 410 Å². The zero-order chi connectivity index (χ0) is 45.9. The van der Waals surface area contributed by atoms with Gasteiger partial charge >= 0.3 is 0 Å². The number of benzene rings is 10. The van der Waals surface area contributed by atoms with E-state index in [1.165, 1.54) is 152 Å². The number of thiophene rings is 2. The number of hydrogen-bond acceptors (Lipinski definition) is 2. The van der Waals surface area contributed by atoms with Crippen LogP contribution in [0.4, 0.5) is 0 Å². The average molecular weight is 915 g/mol. The maximum Gasteiger partial charge on any atom is 0.0434 e. The predicted molar refractivity (Wildman–Crippen MR) is 297 cm³/mol. The first kappa shape index (κ1) is 39.6. The first-order chi connectivity index (χ1) is 33.7.